The highest BCUT2D eigenvalue weighted by atomic mass is 16.1. The van der Waals surface area contributed by atoms with Gasteiger partial charge < -0.3 is 11.1 Å². The molecule has 0 spiro atoms. The molecule has 4 heteroatoms. The van der Waals surface area contributed by atoms with Crippen LogP contribution in [0.2, 0.25) is 0 Å². The second-order valence-corrected chi connectivity index (χ2v) is 10.9. The van der Waals surface area contributed by atoms with E-state index < -0.39 is 5.54 Å². The van der Waals surface area contributed by atoms with Crippen LogP contribution in [0.3, 0.4) is 0 Å². The summed E-state index contributed by atoms with van der Waals surface area (Å²) < 4.78 is 0. The molecule has 2 aromatic rings. The van der Waals surface area contributed by atoms with Gasteiger partial charge in [-0.05, 0) is 61.7 Å². The van der Waals surface area contributed by atoms with Crippen molar-refractivity contribution in [3.63, 3.8) is 0 Å². The minimum Gasteiger partial charge on any atom is -0.368 e. The maximum atomic E-state index is 13.2. The number of carbonyl (C=O) groups excluding carboxylic acids is 1. The molecule has 0 aromatic heterocycles. The van der Waals surface area contributed by atoms with Crippen molar-refractivity contribution in [2.24, 2.45) is 28.9 Å². The number of piperidine rings is 2. The van der Waals surface area contributed by atoms with E-state index in [4.69, 9.17) is 5.73 Å². The smallest absolute Gasteiger partial charge is 0.239 e. The van der Waals surface area contributed by atoms with Crippen LogP contribution >= 0.6 is 0 Å². The predicted octanol–water partition coefficient (Wildman–Crippen LogP) is 3.65. The summed E-state index contributed by atoms with van der Waals surface area (Å²) in [4.78, 5) is 15.8. The summed E-state index contributed by atoms with van der Waals surface area (Å²) in [7, 11) is 0. The van der Waals surface area contributed by atoms with Crippen molar-refractivity contribution in [2.45, 2.75) is 51.1 Å². The largest absolute Gasteiger partial charge is 0.368 e. The molecule has 3 aliphatic heterocycles. The number of primary amides is 1. The van der Waals surface area contributed by atoms with Gasteiger partial charge in [-0.2, -0.15) is 0 Å². The molecule has 3 heterocycles. The lowest BCUT2D eigenvalue weighted by atomic mass is 9.49. The van der Waals surface area contributed by atoms with Crippen LogP contribution in [0.1, 0.15) is 37.8 Å². The number of nitrogens with two attached hydrogens (primary N) is 1. The predicted molar refractivity (Wildman–Crippen MR) is 129 cm³/mol. The maximum Gasteiger partial charge on any atom is 0.239 e. The van der Waals surface area contributed by atoms with Gasteiger partial charge >= 0.3 is 0 Å². The molecule has 3 N–H and O–H groups in total. The van der Waals surface area contributed by atoms with E-state index in [1.165, 1.54) is 11.1 Å². The van der Waals surface area contributed by atoms with E-state index in [-0.39, 0.29) is 17.4 Å². The maximum absolute atomic E-state index is 13.2. The van der Waals surface area contributed by atoms with E-state index >= 15 is 0 Å². The Kier molecular flexibility index (Phi) is 5.63. The van der Waals surface area contributed by atoms with Crippen LogP contribution in [0.5, 0.6) is 0 Å². The highest BCUT2D eigenvalue weighted by Gasteiger charge is 2.72. The van der Waals surface area contributed by atoms with E-state index in [1.807, 2.05) is 0 Å². The molecule has 1 saturated carbocycles. The monoisotopic (exact) mass is 431 g/mol. The van der Waals surface area contributed by atoms with E-state index in [0.29, 0.717) is 17.8 Å². The Labute approximate surface area is 192 Å². The molecule has 6 rings (SSSR count). The van der Waals surface area contributed by atoms with Crippen LogP contribution in [-0.2, 0) is 17.6 Å². The molecule has 3 saturated heterocycles. The lowest BCUT2D eigenvalue weighted by Gasteiger charge is -2.62. The average molecular weight is 432 g/mol. The van der Waals surface area contributed by atoms with Crippen molar-refractivity contribution in [3.8, 4) is 0 Å². The molecule has 4 aliphatic rings. The first-order valence-electron chi connectivity index (χ1n) is 12.3. The third kappa shape index (κ3) is 3.39. The second-order valence-electron chi connectivity index (χ2n) is 10.9. The standard InChI is InChI=1S/C28H37N3O/c1-20(2)13-14-31-19-24-15-23-18-30-28(24,26(29)32)25(31)27(23,16-21-9-5-3-6-10-21)17-22-11-7-4-8-12-22/h3-12,20,23-25,30H,13-19H2,1-2H3,(H2,29,32). The van der Waals surface area contributed by atoms with Gasteiger partial charge in [-0.25, -0.2) is 0 Å². The van der Waals surface area contributed by atoms with E-state index in [0.717, 1.165) is 45.3 Å². The number of hydrogen-bond acceptors (Lipinski definition) is 3. The molecule has 4 nitrogen and oxygen atoms in total. The van der Waals surface area contributed by atoms with Gasteiger partial charge in [0.05, 0.1) is 0 Å². The minimum absolute atomic E-state index is 0.0209. The molecule has 2 aromatic carbocycles. The zero-order valence-corrected chi connectivity index (χ0v) is 19.5. The first-order chi connectivity index (χ1) is 15.5. The third-order valence-electron chi connectivity index (χ3n) is 8.62. The lowest BCUT2D eigenvalue weighted by Crippen LogP contribution is -2.79. The Morgan fingerprint density at radius 1 is 1.03 bits per heavy atom. The van der Waals surface area contributed by atoms with Gasteiger partial charge in [0, 0.05) is 23.9 Å². The number of rotatable bonds is 8. The summed E-state index contributed by atoms with van der Waals surface area (Å²) in [5, 5.41) is 3.72. The molecule has 1 aliphatic carbocycles. The van der Waals surface area contributed by atoms with Crippen LogP contribution in [-0.4, -0.2) is 42.0 Å². The van der Waals surface area contributed by atoms with Crippen molar-refractivity contribution in [1.29, 1.82) is 0 Å². The molecular formula is C28H37N3O. The van der Waals surface area contributed by atoms with Crippen molar-refractivity contribution in [1.82, 2.24) is 10.2 Å². The summed E-state index contributed by atoms with van der Waals surface area (Å²) in [6, 6.07) is 21.9. The molecule has 1 amide bonds. The molecule has 4 fully saturated rings. The number of carbonyl (C=O) groups is 1. The van der Waals surface area contributed by atoms with E-state index in [2.05, 4.69) is 84.7 Å². The SMILES string of the molecule is CC(C)CCN1CC2CC3CNC2(C(N)=O)C1C3(Cc1ccccc1)Cc1ccccc1. The number of benzene rings is 2. The normalized spacial score (nSPS) is 30.7. The van der Waals surface area contributed by atoms with Crippen molar-refractivity contribution in [2.75, 3.05) is 19.6 Å². The Morgan fingerprint density at radius 2 is 1.62 bits per heavy atom. The summed E-state index contributed by atoms with van der Waals surface area (Å²) >= 11 is 0. The lowest BCUT2D eigenvalue weighted by molar-refractivity contribution is -0.144. The molecule has 32 heavy (non-hydrogen) atoms. The second kappa shape index (κ2) is 8.31. The van der Waals surface area contributed by atoms with Gasteiger partial charge in [-0.3, -0.25) is 9.69 Å². The van der Waals surface area contributed by atoms with Crippen molar-refractivity contribution < 1.29 is 4.79 Å². The number of nitrogens with zero attached hydrogens (tertiary/aromatic N) is 1. The molecule has 4 atom stereocenters. The summed E-state index contributed by atoms with van der Waals surface area (Å²) in [5.74, 6) is 1.34. The number of hydrogen-bond donors (Lipinski definition) is 2. The van der Waals surface area contributed by atoms with Crippen LogP contribution in [0, 0.1) is 23.2 Å². The van der Waals surface area contributed by atoms with Crippen molar-refractivity contribution >= 4 is 5.91 Å². The van der Waals surface area contributed by atoms with Crippen LogP contribution in [0.15, 0.2) is 60.7 Å². The Bertz CT molecular complexity index is 902. The molecule has 4 unspecified atom stereocenters. The zero-order valence-electron chi connectivity index (χ0n) is 19.5. The topological polar surface area (TPSA) is 58.4 Å². The highest BCUT2D eigenvalue weighted by molar-refractivity contribution is 5.87. The minimum atomic E-state index is -0.616. The average Bonchev–Trinajstić information content (AvgIpc) is 3.08. The van der Waals surface area contributed by atoms with Crippen molar-refractivity contribution in [3.05, 3.63) is 71.8 Å². The number of fused-ring (bicyclic) bond motifs is 1. The molecule has 170 valence electrons. The number of likely N-dealkylation sites (tertiary alicyclic amines) is 1. The first-order valence-corrected chi connectivity index (χ1v) is 12.3. The van der Waals surface area contributed by atoms with Gasteiger partial charge in [0.15, 0.2) is 0 Å². The van der Waals surface area contributed by atoms with E-state index in [9.17, 15) is 4.79 Å². The van der Waals surface area contributed by atoms with E-state index in [1.54, 1.807) is 0 Å². The van der Waals surface area contributed by atoms with Crippen LogP contribution in [0.25, 0.3) is 0 Å². The fraction of sp³-hybridized carbons (Fsp3) is 0.536. The third-order valence-corrected chi connectivity index (χ3v) is 8.62. The van der Waals surface area contributed by atoms with Crippen LogP contribution in [0.4, 0.5) is 0 Å². The molecule has 4 bridgehead atoms. The van der Waals surface area contributed by atoms with Gasteiger partial charge in [0.25, 0.3) is 0 Å². The van der Waals surface area contributed by atoms with Crippen LogP contribution < -0.4 is 11.1 Å². The van der Waals surface area contributed by atoms with Gasteiger partial charge in [-0.1, -0.05) is 74.5 Å². The molecule has 0 radical (unpaired) electrons. The summed E-state index contributed by atoms with van der Waals surface area (Å²) in [5.41, 5.74) is 8.35. The fourth-order valence-corrected chi connectivity index (χ4v) is 7.31. The Morgan fingerprint density at radius 3 is 2.16 bits per heavy atom. The quantitative estimate of drug-likeness (QED) is 0.671. The Balaban J connectivity index is 1.63. The number of nitrogens with one attached hydrogen (secondary N) is 1. The number of amides is 1. The van der Waals surface area contributed by atoms with Gasteiger partial charge in [0.2, 0.25) is 5.91 Å². The summed E-state index contributed by atoms with van der Waals surface area (Å²) in [6.07, 6.45) is 4.21. The zero-order chi connectivity index (χ0) is 22.3. The molecular weight excluding hydrogens is 394 g/mol. The highest BCUT2D eigenvalue weighted by Crippen LogP contribution is 2.60. The van der Waals surface area contributed by atoms with Gasteiger partial charge in [0.1, 0.15) is 5.54 Å². The first kappa shape index (κ1) is 21.7. The summed E-state index contributed by atoms with van der Waals surface area (Å²) in [6.45, 7) is 7.48. The Hall–Kier alpha value is -2.17. The fourth-order valence-electron chi connectivity index (χ4n) is 7.31. The van der Waals surface area contributed by atoms with Gasteiger partial charge in [-0.15, -0.1) is 0 Å².